The van der Waals surface area contributed by atoms with Crippen LogP contribution in [0.3, 0.4) is 0 Å². The molecule has 0 amide bonds. The molecular weight excluding hydrogens is 286 g/mol. The van der Waals surface area contributed by atoms with Crippen LogP contribution in [0, 0.1) is 5.21 Å². The number of furan rings is 1. The van der Waals surface area contributed by atoms with Crippen molar-refractivity contribution < 1.29 is 13.9 Å². The first kappa shape index (κ1) is 15.5. The molecule has 0 bridgehead atoms. The molecule has 0 saturated carbocycles. The minimum atomic E-state index is -0.483. The van der Waals surface area contributed by atoms with Crippen LogP contribution >= 0.6 is 11.8 Å². The molecule has 2 rings (SSSR count). The lowest BCUT2D eigenvalue weighted by Crippen LogP contribution is -2.29. The molecular formula is C16H19NO3S. The Kier molecular flexibility index (Phi) is 4.63. The number of hydrogen-bond donors (Lipinski definition) is 0. The van der Waals surface area contributed by atoms with Crippen molar-refractivity contribution in [3.8, 4) is 5.75 Å². The summed E-state index contributed by atoms with van der Waals surface area (Å²) >= 11 is 1.46. The predicted octanol–water partition coefficient (Wildman–Crippen LogP) is 4.17. The zero-order valence-corrected chi connectivity index (χ0v) is 13.4. The Morgan fingerprint density at radius 3 is 2.57 bits per heavy atom. The zero-order chi connectivity index (χ0) is 15.5. The van der Waals surface area contributed by atoms with Gasteiger partial charge in [-0.2, -0.15) is 0 Å². The van der Waals surface area contributed by atoms with Crippen molar-refractivity contribution in [1.82, 2.24) is 0 Å². The minimum absolute atomic E-state index is 0.483. The fourth-order valence-electron chi connectivity index (χ4n) is 1.58. The normalized spacial score (nSPS) is 12.5. The monoisotopic (exact) mass is 305 g/mol. The average Bonchev–Trinajstić information content (AvgIpc) is 2.85. The lowest BCUT2D eigenvalue weighted by atomic mass is 10.1. The van der Waals surface area contributed by atoms with Gasteiger partial charge in [-0.15, -0.1) is 0 Å². The maximum atomic E-state index is 11.9. The highest BCUT2D eigenvalue weighted by Gasteiger charge is 2.19. The highest BCUT2D eigenvalue weighted by Crippen LogP contribution is 2.35. The number of rotatable bonds is 4. The molecule has 5 heteroatoms. The molecule has 0 radical (unpaired) electrons. The van der Waals surface area contributed by atoms with Gasteiger partial charge in [0.05, 0.1) is 12.0 Å². The van der Waals surface area contributed by atoms with Gasteiger partial charge in [0.2, 0.25) is 6.21 Å². The van der Waals surface area contributed by atoms with Gasteiger partial charge in [0.1, 0.15) is 5.75 Å². The van der Waals surface area contributed by atoms with Crippen LogP contribution in [-0.2, 0) is 0 Å². The summed E-state index contributed by atoms with van der Waals surface area (Å²) in [4.78, 5) is 0.968. The van der Waals surface area contributed by atoms with Crippen LogP contribution < -0.4 is 4.74 Å². The molecule has 0 atom stereocenters. The molecule has 1 aromatic carbocycles. The van der Waals surface area contributed by atoms with Gasteiger partial charge < -0.3 is 14.4 Å². The number of methoxy groups -OCH3 is 1. The molecule has 2 aromatic rings. The van der Waals surface area contributed by atoms with Crippen LogP contribution in [0.2, 0.25) is 0 Å². The Labute approximate surface area is 129 Å². The van der Waals surface area contributed by atoms with E-state index in [0.29, 0.717) is 10.9 Å². The summed E-state index contributed by atoms with van der Waals surface area (Å²) in [5.41, 5.74) is -0.483. The van der Waals surface area contributed by atoms with Gasteiger partial charge in [0, 0.05) is 20.8 Å². The molecule has 0 saturated heterocycles. The van der Waals surface area contributed by atoms with E-state index in [0.717, 1.165) is 15.4 Å². The fraction of sp³-hybridized carbons (Fsp3) is 0.312. The van der Waals surface area contributed by atoms with Crippen molar-refractivity contribution in [2.75, 3.05) is 7.11 Å². The Morgan fingerprint density at radius 1 is 1.19 bits per heavy atom. The summed E-state index contributed by atoms with van der Waals surface area (Å²) in [6.07, 6.45) is 1.46. The molecule has 0 aliphatic rings. The highest BCUT2D eigenvalue weighted by atomic mass is 32.2. The average molecular weight is 305 g/mol. The van der Waals surface area contributed by atoms with Crippen LogP contribution in [0.15, 0.2) is 50.8 Å². The third kappa shape index (κ3) is 4.04. The number of nitrogens with zero attached hydrogens (tertiary/aromatic N) is 1. The molecule has 0 N–H and O–H groups in total. The van der Waals surface area contributed by atoms with Gasteiger partial charge in [-0.05, 0) is 36.0 Å². The van der Waals surface area contributed by atoms with Crippen LogP contribution in [-0.4, -0.2) is 23.6 Å². The summed E-state index contributed by atoms with van der Waals surface area (Å²) in [5, 5.41) is 12.6. The molecule has 1 heterocycles. The number of hydroxylamine groups is 1. The molecule has 0 aliphatic carbocycles. The quantitative estimate of drug-likeness (QED) is 0.368. The van der Waals surface area contributed by atoms with Gasteiger partial charge >= 0.3 is 0 Å². The van der Waals surface area contributed by atoms with Crippen LogP contribution in [0.4, 0.5) is 0 Å². The molecule has 21 heavy (non-hydrogen) atoms. The molecule has 112 valence electrons. The molecule has 0 unspecified atom stereocenters. The van der Waals surface area contributed by atoms with Crippen molar-refractivity contribution in [3.05, 3.63) is 47.4 Å². The van der Waals surface area contributed by atoms with Crippen molar-refractivity contribution >= 4 is 18.0 Å². The first-order valence-electron chi connectivity index (χ1n) is 6.62. The van der Waals surface area contributed by atoms with Crippen LogP contribution in [0.25, 0.3) is 0 Å². The Hall–Kier alpha value is -1.88. The van der Waals surface area contributed by atoms with Crippen molar-refractivity contribution in [2.45, 2.75) is 36.3 Å². The summed E-state index contributed by atoms with van der Waals surface area (Å²) in [5.74, 6) is 1.34. The van der Waals surface area contributed by atoms with E-state index in [4.69, 9.17) is 9.15 Å². The highest BCUT2D eigenvalue weighted by molar-refractivity contribution is 7.99. The van der Waals surface area contributed by atoms with Gasteiger partial charge in [0.25, 0.3) is 0 Å². The lowest BCUT2D eigenvalue weighted by molar-refractivity contribution is -0.530. The van der Waals surface area contributed by atoms with E-state index in [-0.39, 0.29) is 0 Å². The van der Waals surface area contributed by atoms with Crippen molar-refractivity contribution in [3.63, 3.8) is 0 Å². The van der Waals surface area contributed by atoms with Crippen molar-refractivity contribution in [2.24, 2.45) is 0 Å². The number of para-hydroxylation sites is 1. The molecule has 4 nitrogen and oxygen atoms in total. The largest absolute Gasteiger partial charge is 0.623 e. The maximum Gasteiger partial charge on any atom is 0.218 e. The van der Waals surface area contributed by atoms with E-state index < -0.39 is 5.54 Å². The van der Waals surface area contributed by atoms with E-state index in [2.05, 4.69) is 0 Å². The van der Waals surface area contributed by atoms with E-state index in [1.165, 1.54) is 18.0 Å². The first-order chi connectivity index (χ1) is 9.90. The SMILES string of the molecule is COc1ccccc1Sc1ccc(/C=[N+](\[O-])C(C)(C)C)o1. The predicted molar refractivity (Wildman–Crippen MR) is 84.4 cm³/mol. The topological polar surface area (TPSA) is 48.4 Å². The standard InChI is InChI=1S/C16H19NO3S/c1-16(2,3)17(18)11-12-9-10-15(20-12)21-14-8-6-5-7-13(14)19-4/h5-11H,1-4H3/b17-11-. The van der Waals surface area contributed by atoms with E-state index in [1.807, 2.05) is 51.1 Å². The fourth-order valence-corrected chi connectivity index (χ4v) is 2.47. The number of ether oxygens (including phenoxy) is 1. The van der Waals surface area contributed by atoms with Gasteiger partial charge in [0.15, 0.2) is 16.4 Å². The molecule has 1 aromatic heterocycles. The first-order valence-corrected chi connectivity index (χ1v) is 7.44. The Balaban J connectivity index is 2.18. The number of hydrogen-bond acceptors (Lipinski definition) is 4. The molecule has 0 aliphatic heterocycles. The number of benzene rings is 1. The third-order valence-corrected chi connectivity index (χ3v) is 3.77. The summed E-state index contributed by atoms with van der Waals surface area (Å²) in [6, 6.07) is 11.4. The lowest BCUT2D eigenvalue weighted by Gasteiger charge is -2.17. The van der Waals surface area contributed by atoms with E-state index >= 15 is 0 Å². The Morgan fingerprint density at radius 2 is 1.90 bits per heavy atom. The van der Waals surface area contributed by atoms with Gasteiger partial charge in [-0.1, -0.05) is 12.1 Å². The van der Waals surface area contributed by atoms with Crippen molar-refractivity contribution in [1.29, 1.82) is 0 Å². The van der Waals surface area contributed by atoms with Crippen LogP contribution in [0.1, 0.15) is 26.5 Å². The smallest absolute Gasteiger partial charge is 0.218 e. The third-order valence-electron chi connectivity index (χ3n) is 2.79. The summed E-state index contributed by atoms with van der Waals surface area (Å²) in [7, 11) is 1.64. The minimum Gasteiger partial charge on any atom is -0.623 e. The second-order valence-electron chi connectivity index (χ2n) is 5.54. The maximum absolute atomic E-state index is 11.9. The zero-order valence-electron chi connectivity index (χ0n) is 12.6. The van der Waals surface area contributed by atoms with E-state index in [1.54, 1.807) is 13.2 Å². The second kappa shape index (κ2) is 6.26. The van der Waals surface area contributed by atoms with E-state index in [9.17, 15) is 5.21 Å². The summed E-state index contributed by atoms with van der Waals surface area (Å²) in [6.45, 7) is 5.55. The van der Waals surface area contributed by atoms with Gasteiger partial charge in [-0.25, -0.2) is 4.74 Å². The van der Waals surface area contributed by atoms with Crippen LogP contribution in [0.5, 0.6) is 5.75 Å². The molecule has 0 fully saturated rings. The molecule has 0 spiro atoms. The van der Waals surface area contributed by atoms with Gasteiger partial charge in [-0.3, -0.25) is 0 Å². The summed E-state index contributed by atoms with van der Waals surface area (Å²) < 4.78 is 11.9. The Bertz CT molecular complexity index is 641. The second-order valence-corrected chi connectivity index (χ2v) is 6.58.